The summed E-state index contributed by atoms with van der Waals surface area (Å²) in [5.74, 6) is 0.314. The first-order valence-electron chi connectivity index (χ1n) is 6.03. The van der Waals surface area contributed by atoms with Crippen molar-refractivity contribution >= 4 is 22.2 Å². The van der Waals surface area contributed by atoms with Gasteiger partial charge in [-0.25, -0.2) is 0 Å². The quantitative estimate of drug-likeness (QED) is 0.881. The van der Waals surface area contributed by atoms with Crippen molar-refractivity contribution in [3.8, 4) is 16.9 Å². The molecule has 2 rings (SSSR count). The number of hydrogen-bond acceptors (Lipinski definition) is 4. The molecule has 0 atom stereocenters. The highest BCUT2D eigenvalue weighted by molar-refractivity contribution is 7.15. The Morgan fingerprint density at radius 3 is 2.58 bits per heavy atom. The number of rotatable bonds is 5. The summed E-state index contributed by atoms with van der Waals surface area (Å²) in [6.45, 7) is 2.75. The maximum Gasteiger partial charge on any atom is 0.252 e. The molecule has 1 amide bonds. The Hall–Kier alpha value is -2.01. The van der Waals surface area contributed by atoms with Gasteiger partial charge in [0.2, 0.25) is 0 Å². The van der Waals surface area contributed by atoms with Crippen molar-refractivity contribution in [3.05, 3.63) is 35.2 Å². The van der Waals surface area contributed by atoms with Gasteiger partial charge in [0.1, 0.15) is 5.75 Å². The van der Waals surface area contributed by atoms with Gasteiger partial charge in [0.25, 0.3) is 5.91 Å². The minimum absolute atomic E-state index is 0.396. The molecule has 0 saturated carbocycles. The first kappa shape index (κ1) is 13.4. The lowest BCUT2D eigenvalue weighted by Crippen LogP contribution is -2.12. The maximum absolute atomic E-state index is 11.4. The lowest BCUT2D eigenvalue weighted by atomic mass is 10.0. The zero-order chi connectivity index (χ0) is 13.8. The summed E-state index contributed by atoms with van der Waals surface area (Å²) < 4.78 is 5.52. The highest BCUT2D eigenvalue weighted by Crippen LogP contribution is 2.33. The number of anilines is 1. The summed E-state index contributed by atoms with van der Waals surface area (Å²) in [6.07, 6.45) is 0.967. The fourth-order valence-electron chi connectivity index (χ4n) is 1.79. The fourth-order valence-corrected chi connectivity index (χ4v) is 2.62. The molecule has 19 heavy (non-hydrogen) atoms. The highest BCUT2D eigenvalue weighted by atomic mass is 32.1. The number of primary amides is 1. The maximum atomic E-state index is 11.4. The summed E-state index contributed by atoms with van der Waals surface area (Å²) in [6, 6.07) is 7.56. The summed E-state index contributed by atoms with van der Waals surface area (Å²) in [7, 11) is 0. The number of nitrogen functional groups attached to an aromatic ring is 1. The molecule has 0 radical (unpaired) electrons. The van der Waals surface area contributed by atoms with Crippen molar-refractivity contribution in [2.75, 3.05) is 12.3 Å². The molecule has 0 fully saturated rings. The second-order valence-corrected chi connectivity index (χ2v) is 5.04. The Bertz CT molecular complexity index is 576. The number of carbonyl (C=O) groups is 1. The Morgan fingerprint density at radius 1 is 1.32 bits per heavy atom. The van der Waals surface area contributed by atoms with Gasteiger partial charge in [0, 0.05) is 10.9 Å². The third kappa shape index (κ3) is 2.88. The molecule has 4 N–H and O–H groups in total. The van der Waals surface area contributed by atoms with Gasteiger partial charge in [0.05, 0.1) is 17.2 Å². The van der Waals surface area contributed by atoms with Gasteiger partial charge >= 0.3 is 0 Å². The lowest BCUT2D eigenvalue weighted by molar-refractivity contribution is 0.100. The van der Waals surface area contributed by atoms with E-state index in [1.165, 1.54) is 11.3 Å². The van der Waals surface area contributed by atoms with Gasteiger partial charge in [-0.3, -0.25) is 4.79 Å². The predicted octanol–water partition coefficient (Wildman–Crippen LogP) is 2.88. The van der Waals surface area contributed by atoms with Crippen molar-refractivity contribution in [2.24, 2.45) is 5.73 Å². The van der Waals surface area contributed by atoms with Crippen molar-refractivity contribution in [1.82, 2.24) is 0 Å². The third-order valence-electron chi connectivity index (χ3n) is 2.70. The summed E-state index contributed by atoms with van der Waals surface area (Å²) in [5.41, 5.74) is 13.2. The summed E-state index contributed by atoms with van der Waals surface area (Å²) in [4.78, 5) is 11.4. The molecule has 0 aliphatic heterocycles. The number of carbonyl (C=O) groups excluding carboxylic acids is 1. The molecule has 2 aromatic rings. The molecule has 0 aliphatic rings. The number of amides is 1. The molecule has 5 heteroatoms. The Balaban J connectivity index is 2.30. The van der Waals surface area contributed by atoms with Crippen molar-refractivity contribution in [3.63, 3.8) is 0 Å². The van der Waals surface area contributed by atoms with Gasteiger partial charge in [0.15, 0.2) is 0 Å². The molecule has 0 aliphatic carbocycles. The molecular weight excluding hydrogens is 260 g/mol. The van der Waals surface area contributed by atoms with Crippen LogP contribution in [0.25, 0.3) is 11.1 Å². The molecule has 0 spiro atoms. The second-order valence-electron chi connectivity index (χ2n) is 4.13. The van der Waals surface area contributed by atoms with E-state index in [1.54, 1.807) is 0 Å². The molecule has 100 valence electrons. The average molecular weight is 276 g/mol. The van der Waals surface area contributed by atoms with Crippen LogP contribution in [0.3, 0.4) is 0 Å². The van der Waals surface area contributed by atoms with E-state index in [0.717, 1.165) is 23.3 Å². The van der Waals surface area contributed by atoms with Crippen molar-refractivity contribution < 1.29 is 9.53 Å². The first-order valence-corrected chi connectivity index (χ1v) is 6.91. The van der Waals surface area contributed by atoms with Crippen LogP contribution in [0.15, 0.2) is 29.6 Å². The van der Waals surface area contributed by atoms with Gasteiger partial charge < -0.3 is 16.2 Å². The molecule has 1 aromatic carbocycles. The Kier molecular flexibility index (Phi) is 4.06. The monoisotopic (exact) mass is 276 g/mol. The zero-order valence-electron chi connectivity index (χ0n) is 10.7. The normalized spacial score (nSPS) is 10.4. The van der Waals surface area contributed by atoms with Crippen LogP contribution in [0, 0.1) is 0 Å². The summed E-state index contributed by atoms with van der Waals surface area (Å²) in [5, 5.41) is 2.30. The van der Waals surface area contributed by atoms with E-state index in [-0.39, 0.29) is 0 Å². The first-order chi connectivity index (χ1) is 9.13. The van der Waals surface area contributed by atoms with Crippen LogP contribution in [-0.4, -0.2) is 12.5 Å². The van der Waals surface area contributed by atoms with E-state index in [0.29, 0.717) is 17.2 Å². The number of thiophene rings is 1. The standard InChI is InChI=1S/C14H16N2O2S/c1-2-7-18-10-5-3-9(4-6-10)11-8-19-14(16)12(11)13(15)17/h3-6,8H,2,7,16H2,1H3,(H2,15,17). The molecular formula is C14H16N2O2S. The minimum Gasteiger partial charge on any atom is -0.494 e. The largest absolute Gasteiger partial charge is 0.494 e. The van der Waals surface area contributed by atoms with Gasteiger partial charge in [-0.2, -0.15) is 0 Å². The molecule has 1 heterocycles. The van der Waals surface area contributed by atoms with Crippen LogP contribution in [0.5, 0.6) is 5.75 Å². The summed E-state index contributed by atoms with van der Waals surface area (Å²) >= 11 is 1.32. The van der Waals surface area contributed by atoms with Crippen LogP contribution in [0.2, 0.25) is 0 Å². The van der Waals surface area contributed by atoms with Crippen molar-refractivity contribution in [2.45, 2.75) is 13.3 Å². The number of benzene rings is 1. The molecule has 0 unspecified atom stereocenters. The van der Waals surface area contributed by atoms with Crippen molar-refractivity contribution in [1.29, 1.82) is 0 Å². The molecule has 4 nitrogen and oxygen atoms in total. The predicted molar refractivity (Wildman–Crippen MR) is 78.5 cm³/mol. The second kappa shape index (κ2) is 5.75. The molecule has 0 saturated heterocycles. The third-order valence-corrected chi connectivity index (χ3v) is 3.52. The zero-order valence-corrected chi connectivity index (χ0v) is 11.5. The van der Waals surface area contributed by atoms with Crippen LogP contribution in [-0.2, 0) is 0 Å². The average Bonchev–Trinajstić information content (AvgIpc) is 2.79. The fraction of sp³-hybridized carbons (Fsp3) is 0.214. The van der Waals surface area contributed by atoms with Gasteiger partial charge in [-0.05, 0) is 24.1 Å². The minimum atomic E-state index is -0.500. The van der Waals surface area contributed by atoms with Crippen LogP contribution >= 0.6 is 11.3 Å². The number of ether oxygens (including phenoxy) is 1. The number of nitrogens with two attached hydrogens (primary N) is 2. The van der Waals surface area contributed by atoms with Gasteiger partial charge in [-0.1, -0.05) is 19.1 Å². The lowest BCUT2D eigenvalue weighted by Gasteiger charge is -2.06. The topological polar surface area (TPSA) is 78.3 Å². The van der Waals surface area contributed by atoms with E-state index < -0.39 is 5.91 Å². The van der Waals surface area contributed by atoms with Crippen LogP contribution in [0.4, 0.5) is 5.00 Å². The SMILES string of the molecule is CCCOc1ccc(-c2csc(N)c2C(N)=O)cc1. The highest BCUT2D eigenvalue weighted by Gasteiger charge is 2.15. The van der Waals surface area contributed by atoms with Crippen LogP contribution < -0.4 is 16.2 Å². The van der Waals surface area contributed by atoms with E-state index in [9.17, 15) is 4.79 Å². The Labute approximate surface area is 116 Å². The van der Waals surface area contributed by atoms with Crippen LogP contribution in [0.1, 0.15) is 23.7 Å². The van der Waals surface area contributed by atoms with E-state index in [4.69, 9.17) is 16.2 Å². The Morgan fingerprint density at radius 2 is 2.00 bits per heavy atom. The van der Waals surface area contributed by atoms with Gasteiger partial charge in [-0.15, -0.1) is 11.3 Å². The smallest absolute Gasteiger partial charge is 0.252 e. The number of hydrogen-bond donors (Lipinski definition) is 2. The van der Waals surface area contributed by atoms with E-state index >= 15 is 0 Å². The van der Waals surface area contributed by atoms with E-state index in [2.05, 4.69) is 6.92 Å². The molecule has 1 aromatic heterocycles. The molecule has 0 bridgehead atoms. The van der Waals surface area contributed by atoms with E-state index in [1.807, 2.05) is 29.6 Å².